The number of pyridine rings is 1. The molecule has 0 fully saturated rings. The fraction of sp³-hybridized carbons (Fsp3) is 0.235. The summed E-state index contributed by atoms with van der Waals surface area (Å²) in [5.41, 5.74) is 1.89. The molecule has 7 heteroatoms. The maximum atomic E-state index is 12.4. The number of carbonyl (C=O) groups is 1. The number of ether oxygens (including phenoxy) is 1. The SMILES string of the molecule is COc1ccc(CNC(=O)C(C)n2c(=O)oc3ccccc32)cn1. The Morgan fingerprint density at radius 1 is 1.33 bits per heavy atom. The minimum absolute atomic E-state index is 0.278. The van der Waals surface area contributed by atoms with Crippen molar-refractivity contribution in [2.75, 3.05) is 7.11 Å². The van der Waals surface area contributed by atoms with Gasteiger partial charge in [0.25, 0.3) is 0 Å². The molecule has 0 aliphatic carbocycles. The third-order valence-corrected chi connectivity index (χ3v) is 3.76. The van der Waals surface area contributed by atoms with Gasteiger partial charge in [-0.3, -0.25) is 9.36 Å². The summed E-state index contributed by atoms with van der Waals surface area (Å²) in [6, 6.07) is 9.86. The van der Waals surface area contributed by atoms with E-state index in [0.29, 0.717) is 23.5 Å². The number of aromatic nitrogens is 2. The summed E-state index contributed by atoms with van der Waals surface area (Å²) in [7, 11) is 1.54. The molecule has 0 radical (unpaired) electrons. The standard InChI is InChI=1S/C17H17N3O4/c1-11(20-13-5-3-4-6-14(13)24-17(20)22)16(21)19-10-12-7-8-15(23-2)18-9-12/h3-9,11H,10H2,1-2H3,(H,19,21). The van der Waals surface area contributed by atoms with Crippen molar-refractivity contribution in [2.24, 2.45) is 0 Å². The Hall–Kier alpha value is -3.09. The molecule has 0 spiro atoms. The number of carbonyl (C=O) groups excluding carboxylic acids is 1. The van der Waals surface area contributed by atoms with Crippen LogP contribution in [-0.2, 0) is 11.3 Å². The minimum Gasteiger partial charge on any atom is -0.481 e. The summed E-state index contributed by atoms with van der Waals surface area (Å²) in [6.07, 6.45) is 1.63. The maximum absolute atomic E-state index is 12.4. The fourth-order valence-corrected chi connectivity index (χ4v) is 2.44. The van der Waals surface area contributed by atoms with Crippen molar-refractivity contribution in [1.82, 2.24) is 14.9 Å². The zero-order valence-corrected chi connectivity index (χ0v) is 13.4. The summed E-state index contributed by atoms with van der Waals surface area (Å²) in [5, 5.41) is 2.80. The Balaban J connectivity index is 1.74. The lowest BCUT2D eigenvalue weighted by Crippen LogP contribution is -2.34. The summed E-state index contributed by atoms with van der Waals surface area (Å²) < 4.78 is 11.5. The Bertz CT molecular complexity index is 911. The highest BCUT2D eigenvalue weighted by atomic mass is 16.5. The minimum atomic E-state index is -0.688. The van der Waals surface area contributed by atoms with Gasteiger partial charge in [0.05, 0.1) is 12.6 Å². The van der Waals surface area contributed by atoms with E-state index in [4.69, 9.17) is 9.15 Å². The summed E-state index contributed by atoms with van der Waals surface area (Å²) in [6.45, 7) is 1.97. The number of amides is 1. The summed E-state index contributed by atoms with van der Waals surface area (Å²) >= 11 is 0. The monoisotopic (exact) mass is 327 g/mol. The molecular weight excluding hydrogens is 310 g/mol. The lowest BCUT2D eigenvalue weighted by Gasteiger charge is -2.13. The van der Waals surface area contributed by atoms with Gasteiger partial charge in [-0.25, -0.2) is 9.78 Å². The van der Waals surface area contributed by atoms with E-state index < -0.39 is 11.8 Å². The molecule has 1 unspecified atom stereocenters. The highest BCUT2D eigenvalue weighted by molar-refractivity contribution is 5.82. The van der Waals surface area contributed by atoms with Crippen molar-refractivity contribution >= 4 is 17.0 Å². The second kappa shape index (κ2) is 6.57. The van der Waals surface area contributed by atoms with E-state index in [0.717, 1.165) is 5.56 Å². The maximum Gasteiger partial charge on any atom is 0.420 e. The van der Waals surface area contributed by atoms with E-state index in [1.54, 1.807) is 50.6 Å². The second-order valence-electron chi connectivity index (χ2n) is 5.31. The Kier molecular flexibility index (Phi) is 4.33. The van der Waals surface area contributed by atoms with Gasteiger partial charge in [0.1, 0.15) is 6.04 Å². The van der Waals surface area contributed by atoms with Crippen LogP contribution in [0, 0.1) is 0 Å². The van der Waals surface area contributed by atoms with Crippen LogP contribution >= 0.6 is 0 Å². The quantitative estimate of drug-likeness (QED) is 0.773. The molecule has 1 amide bonds. The lowest BCUT2D eigenvalue weighted by atomic mass is 10.2. The van der Waals surface area contributed by atoms with Crippen LogP contribution in [0.4, 0.5) is 0 Å². The molecule has 0 bridgehead atoms. The van der Waals surface area contributed by atoms with Gasteiger partial charge in [0.2, 0.25) is 11.8 Å². The van der Waals surface area contributed by atoms with Gasteiger partial charge in [0, 0.05) is 18.8 Å². The van der Waals surface area contributed by atoms with Crippen molar-refractivity contribution in [2.45, 2.75) is 19.5 Å². The predicted octanol–water partition coefficient (Wildman–Crippen LogP) is 1.88. The Morgan fingerprint density at radius 3 is 2.83 bits per heavy atom. The molecule has 7 nitrogen and oxygen atoms in total. The molecule has 0 saturated carbocycles. The second-order valence-corrected chi connectivity index (χ2v) is 5.31. The van der Waals surface area contributed by atoms with Crippen LogP contribution < -0.4 is 15.8 Å². The molecular formula is C17H17N3O4. The van der Waals surface area contributed by atoms with E-state index in [9.17, 15) is 9.59 Å². The fourth-order valence-electron chi connectivity index (χ4n) is 2.44. The van der Waals surface area contributed by atoms with Crippen molar-refractivity contribution in [1.29, 1.82) is 0 Å². The molecule has 2 aromatic heterocycles. The molecule has 0 saturated heterocycles. The van der Waals surface area contributed by atoms with Gasteiger partial charge >= 0.3 is 5.76 Å². The molecule has 124 valence electrons. The number of nitrogens with one attached hydrogen (secondary N) is 1. The normalized spacial score (nSPS) is 12.1. The largest absolute Gasteiger partial charge is 0.481 e. The molecule has 3 rings (SSSR count). The van der Waals surface area contributed by atoms with Crippen molar-refractivity contribution in [3.63, 3.8) is 0 Å². The molecule has 1 atom stereocenters. The number of hydrogen-bond acceptors (Lipinski definition) is 5. The summed E-state index contributed by atoms with van der Waals surface area (Å²) in [5.74, 6) is -0.320. The highest BCUT2D eigenvalue weighted by Crippen LogP contribution is 2.16. The number of benzene rings is 1. The van der Waals surface area contributed by atoms with E-state index in [-0.39, 0.29) is 5.91 Å². The van der Waals surface area contributed by atoms with Crippen molar-refractivity contribution in [3.8, 4) is 5.88 Å². The number of methoxy groups -OCH3 is 1. The number of oxazole rings is 1. The van der Waals surface area contributed by atoms with Gasteiger partial charge in [-0.05, 0) is 24.6 Å². The lowest BCUT2D eigenvalue weighted by molar-refractivity contribution is -0.124. The summed E-state index contributed by atoms with van der Waals surface area (Å²) in [4.78, 5) is 28.5. The Morgan fingerprint density at radius 2 is 2.12 bits per heavy atom. The van der Waals surface area contributed by atoms with Crippen LogP contribution in [0.15, 0.2) is 51.8 Å². The molecule has 1 N–H and O–H groups in total. The third kappa shape index (κ3) is 3.01. The van der Waals surface area contributed by atoms with Gasteiger partial charge in [0.15, 0.2) is 5.58 Å². The molecule has 2 heterocycles. The van der Waals surface area contributed by atoms with Crippen LogP contribution in [0.25, 0.3) is 11.1 Å². The zero-order chi connectivity index (χ0) is 17.1. The van der Waals surface area contributed by atoms with E-state index >= 15 is 0 Å². The number of rotatable bonds is 5. The van der Waals surface area contributed by atoms with Gasteiger partial charge in [-0.2, -0.15) is 0 Å². The van der Waals surface area contributed by atoms with E-state index in [1.807, 2.05) is 6.07 Å². The van der Waals surface area contributed by atoms with Crippen molar-refractivity contribution < 1.29 is 13.9 Å². The molecule has 3 aromatic rings. The number of nitrogens with zero attached hydrogens (tertiary/aromatic N) is 2. The number of para-hydroxylation sites is 2. The molecule has 0 aliphatic rings. The average molecular weight is 327 g/mol. The molecule has 24 heavy (non-hydrogen) atoms. The molecule has 0 aliphatic heterocycles. The third-order valence-electron chi connectivity index (χ3n) is 3.76. The van der Waals surface area contributed by atoms with E-state index in [2.05, 4.69) is 10.3 Å². The number of hydrogen-bond donors (Lipinski definition) is 1. The first-order chi connectivity index (χ1) is 11.6. The van der Waals surface area contributed by atoms with E-state index in [1.165, 1.54) is 4.57 Å². The van der Waals surface area contributed by atoms with Crippen LogP contribution in [-0.4, -0.2) is 22.6 Å². The molecule has 1 aromatic carbocycles. The predicted molar refractivity (Wildman–Crippen MR) is 87.8 cm³/mol. The average Bonchev–Trinajstić information content (AvgIpc) is 2.95. The first-order valence-electron chi connectivity index (χ1n) is 7.47. The number of fused-ring (bicyclic) bond motifs is 1. The van der Waals surface area contributed by atoms with Crippen molar-refractivity contribution in [3.05, 3.63) is 58.7 Å². The Labute approximate surface area is 137 Å². The van der Waals surface area contributed by atoms with Crippen LogP contribution in [0.3, 0.4) is 0 Å². The topological polar surface area (TPSA) is 86.4 Å². The highest BCUT2D eigenvalue weighted by Gasteiger charge is 2.20. The zero-order valence-electron chi connectivity index (χ0n) is 13.4. The van der Waals surface area contributed by atoms with Crippen LogP contribution in [0.2, 0.25) is 0 Å². The van der Waals surface area contributed by atoms with Gasteiger partial charge < -0.3 is 14.5 Å². The van der Waals surface area contributed by atoms with Crippen LogP contribution in [0.1, 0.15) is 18.5 Å². The van der Waals surface area contributed by atoms with Gasteiger partial charge in [-0.1, -0.05) is 18.2 Å². The first-order valence-corrected chi connectivity index (χ1v) is 7.47. The van der Waals surface area contributed by atoms with Crippen LogP contribution in [0.5, 0.6) is 5.88 Å². The smallest absolute Gasteiger partial charge is 0.420 e. The first kappa shape index (κ1) is 15.8. The van der Waals surface area contributed by atoms with Gasteiger partial charge in [-0.15, -0.1) is 0 Å².